The number of imidazole rings is 1. The summed E-state index contributed by atoms with van der Waals surface area (Å²) in [6, 6.07) is 19.6. The average molecular weight is 527 g/mol. The van der Waals surface area contributed by atoms with E-state index in [-0.39, 0.29) is 11.9 Å². The summed E-state index contributed by atoms with van der Waals surface area (Å²) in [5, 5.41) is 0. The van der Waals surface area contributed by atoms with Gasteiger partial charge >= 0.3 is 5.97 Å². The first kappa shape index (κ1) is 28.0. The van der Waals surface area contributed by atoms with Crippen LogP contribution >= 0.6 is 0 Å². The molecule has 0 fully saturated rings. The molecule has 204 valence electrons. The number of benzene rings is 2. The summed E-state index contributed by atoms with van der Waals surface area (Å²) in [6.45, 7) is 12.4. The standard InChI is InChI=1S/C32H38N4O3/c1-7-9-14-28-33-27-19-20-29(35(8-2)22(3)37)34-30(27)36(28)21-23-15-17-24(18-16-23)25-12-10-11-13-26(25)31(38)39-32(4,5)6/h10-13,15-20H,7-9,14,21H2,1-6H3. The highest BCUT2D eigenvalue weighted by Gasteiger charge is 2.21. The molecule has 4 aromatic rings. The lowest BCUT2D eigenvalue weighted by Crippen LogP contribution is -2.28. The van der Waals surface area contributed by atoms with Crippen molar-refractivity contribution in [3.63, 3.8) is 0 Å². The highest BCUT2D eigenvalue weighted by Crippen LogP contribution is 2.27. The third-order valence-electron chi connectivity index (χ3n) is 6.53. The van der Waals surface area contributed by atoms with Crippen molar-refractivity contribution in [2.24, 2.45) is 0 Å². The Kier molecular flexibility index (Phi) is 8.48. The van der Waals surface area contributed by atoms with Crippen LogP contribution in [0.2, 0.25) is 0 Å². The van der Waals surface area contributed by atoms with E-state index in [0.29, 0.717) is 24.5 Å². The molecule has 0 saturated carbocycles. The minimum Gasteiger partial charge on any atom is -0.456 e. The Bertz CT molecular complexity index is 1470. The van der Waals surface area contributed by atoms with Crippen LogP contribution in [0, 0.1) is 0 Å². The second-order valence-corrected chi connectivity index (χ2v) is 10.7. The topological polar surface area (TPSA) is 77.3 Å². The number of carbonyl (C=O) groups excluding carboxylic acids is 2. The van der Waals surface area contributed by atoms with E-state index >= 15 is 0 Å². The molecule has 2 heterocycles. The van der Waals surface area contributed by atoms with Crippen LogP contribution < -0.4 is 4.90 Å². The number of esters is 1. The van der Waals surface area contributed by atoms with E-state index in [9.17, 15) is 9.59 Å². The lowest BCUT2D eigenvalue weighted by atomic mass is 9.98. The van der Waals surface area contributed by atoms with E-state index < -0.39 is 5.60 Å². The summed E-state index contributed by atoms with van der Waals surface area (Å²) in [5.41, 5.74) is 4.46. The molecule has 0 radical (unpaired) electrons. The molecule has 2 aromatic carbocycles. The van der Waals surface area contributed by atoms with E-state index in [1.807, 2.05) is 70.2 Å². The van der Waals surface area contributed by atoms with Crippen LogP contribution in [0.25, 0.3) is 22.3 Å². The van der Waals surface area contributed by atoms with E-state index in [4.69, 9.17) is 14.7 Å². The van der Waals surface area contributed by atoms with Crippen molar-refractivity contribution in [1.82, 2.24) is 14.5 Å². The molecule has 7 nitrogen and oxygen atoms in total. The maximum absolute atomic E-state index is 12.9. The van der Waals surface area contributed by atoms with Gasteiger partial charge in [0.15, 0.2) is 5.65 Å². The fourth-order valence-corrected chi connectivity index (χ4v) is 4.64. The molecule has 7 heteroatoms. The van der Waals surface area contributed by atoms with Crippen LogP contribution in [0.3, 0.4) is 0 Å². The molecule has 0 saturated heterocycles. The molecular weight excluding hydrogens is 488 g/mol. The second kappa shape index (κ2) is 11.8. The molecule has 0 aliphatic rings. The summed E-state index contributed by atoms with van der Waals surface area (Å²) >= 11 is 0. The Morgan fingerprint density at radius 2 is 1.67 bits per heavy atom. The largest absolute Gasteiger partial charge is 0.456 e. The third kappa shape index (κ3) is 6.53. The van der Waals surface area contributed by atoms with Gasteiger partial charge in [-0.15, -0.1) is 0 Å². The average Bonchev–Trinajstić information content (AvgIpc) is 3.23. The number of carbonyl (C=O) groups is 2. The fraction of sp³-hybridized carbons (Fsp3) is 0.375. The van der Waals surface area contributed by atoms with Gasteiger partial charge in [-0.2, -0.15) is 0 Å². The van der Waals surface area contributed by atoms with Crippen molar-refractivity contribution in [2.75, 3.05) is 11.4 Å². The van der Waals surface area contributed by atoms with E-state index in [0.717, 1.165) is 52.9 Å². The van der Waals surface area contributed by atoms with Crippen molar-refractivity contribution in [2.45, 2.75) is 73.0 Å². The summed E-state index contributed by atoms with van der Waals surface area (Å²) < 4.78 is 7.79. The highest BCUT2D eigenvalue weighted by atomic mass is 16.6. The minimum atomic E-state index is -0.566. The molecule has 0 bridgehead atoms. The Morgan fingerprint density at radius 3 is 2.31 bits per heavy atom. The quantitative estimate of drug-likeness (QED) is 0.224. The molecule has 0 N–H and O–H groups in total. The monoisotopic (exact) mass is 526 g/mol. The van der Waals surface area contributed by atoms with Crippen LogP contribution in [-0.4, -0.2) is 38.6 Å². The molecule has 0 aliphatic heterocycles. The van der Waals surface area contributed by atoms with Gasteiger partial charge in [-0.3, -0.25) is 9.69 Å². The van der Waals surface area contributed by atoms with E-state index in [1.165, 1.54) is 0 Å². The highest BCUT2D eigenvalue weighted by molar-refractivity contribution is 5.97. The summed E-state index contributed by atoms with van der Waals surface area (Å²) in [7, 11) is 0. The molecular formula is C32H38N4O3. The Hall–Kier alpha value is -4.00. The second-order valence-electron chi connectivity index (χ2n) is 10.7. The van der Waals surface area contributed by atoms with Gasteiger partial charge in [0.1, 0.15) is 22.8 Å². The van der Waals surface area contributed by atoms with Gasteiger partial charge in [-0.25, -0.2) is 14.8 Å². The Labute approximate surface area is 230 Å². The summed E-state index contributed by atoms with van der Waals surface area (Å²) in [6.07, 6.45) is 2.96. The van der Waals surface area contributed by atoms with Crippen LogP contribution in [0.1, 0.15) is 76.1 Å². The number of unbranched alkanes of at least 4 members (excludes halogenated alkanes) is 1. The molecule has 4 rings (SSSR count). The molecule has 0 aliphatic carbocycles. The van der Waals surface area contributed by atoms with Gasteiger partial charge in [0.2, 0.25) is 5.91 Å². The zero-order valence-electron chi connectivity index (χ0n) is 23.8. The fourth-order valence-electron chi connectivity index (χ4n) is 4.64. The predicted octanol–water partition coefficient (Wildman–Crippen LogP) is 6.82. The maximum Gasteiger partial charge on any atom is 0.339 e. The number of aromatic nitrogens is 3. The lowest BCUT2D eigenvalue weighted by Gasteiger charge is -2.20. The first-order valence-corrected chi connectivity index (χ1v) is 13.7. The van der Waals surface area contributed by atoms with Crippen LogP contribution in [-0.2, 0) is 22.5 Å². The number of pyridine rings is 1. The normalized spacial score (nSPS) is 11.5. The smallest absolute Gasteiger partial charge is 0.339 e. The zero-order chi connectivity index (χ0) is 28.2. The molecule has 39 heavy (non-hydrogen) atoms. The van der Waals surface area contributed by atoms with E-state index in [1.54, 1.807) is 17.9 Å². The first-order valence-electron chi connectivity index (χ1n) is 13.7. The van der Waals surface area contributed by atoms with Crippen LogP contribution in [0.4, 0.5) is 5.82 Å². The van der Waals surface area contributed by atoms with Gasteiger partial charge in [0, 0.05) is 19.9 Å². The van der Waals surface area contributed by atoms with Crippen molar-refractivity contribution in [3.8, 4) is 11.1 Å². The SMILES string of the molecule is CCCCc1nc2ccc(N(CC)C(C)=O)nc2n1Cc1ccc(-c2ccccc2C(=O)OC(C)(C)C)cc1. The van der Waals surface area contributed by atoms with Crippen molar-refractivity contribution in [3.05, 3.63) is 77.6 Å². The van der Waals surface area contributed by atoms with Gasteiger partial charge in [-0.1, -0.05) is 55.8 Å². The number of aryl methyl sites for hydroxylation is 1. The molecule has 0 spiro atoms. The third-order valence-corrected chi connectivity index (χ3v) is 6.53. The van der Waals surface area contributed by atoms with Crippen molar-refractivity contribution < 1.29 is 14.3 Å². The van der Waals surface area contributed by atoms with Crippen molar-refractivity contribution in [1.29, 1.82) is 0 Å². The van der Waals surface area contributed by atoms with E-state index in [2.05, 4.69) is 23.6 Å². The Morgan fingerprint density at radius 1 is 0.949 bits per heavy atom. The Balaban J connectivity index is 1.68. The minimum absolute atomic E-state index is 0.0381. The van der Waals surface area contributed by atoms with Gasteiger partial charge < -0.3 is 9.30 Å². The number of nitrogens with zero attached hydrogens (tertiary/aromatic N) is 4. The zero-order valence-corrected chi connectivity index (χ0v) is 23.8. The van der Waals surface area contributed by atoms with Gasteiger partial charge in [0.25, 0.3) is 0 Å². The first-order chi connectivity index (χ1) is 18.6. The number of anilines is 1. The maximum atomic E-state index is 12.9. The lowest BCUT2D eigenvalue weighted by molar-refractivity contribution is -0.116. The van der Waals surface area contributed by atoms with Gasteiger partial charge in [0.05, 0.1) is 12.1 Å². The molecule has 0 atom stereocenters. The van der Waals surface area contributed by atoms with Crippen LogP contribution in [0.5, 0.6) is 0 Å². The molecule has 2 aromatic heterocycles. The number of hydrogen-bond donors (Lipinski definition) is 0. The van der Waals surface area contributed by atoms with Crippen LogP contribution in [0.15, 0.2) is 60.7 Å². The molecule has 1 amide bonds. The van der Waals surface area contributed by atoms with Crippen molar-refractivity contribution >= 4 is 28.9 Å². The number of hydrogen-bond acceptors (Lipinski definition) is 5. The summed E-state index contributed by atoms with van der Waals surface area (Å²) in [4.78, 5) is 36.4. The number of ether oxygens (including phenoxy) is 1. The number of amides is 1. The molecule has 0 unspecified atom stereocenters. The predicted molar refractivity (Wildman–Crippen MR) is 156 cm³/mol. The van der Waals surface area contributed by atoms with Gasteiger partial charge in [-0.05, 0) is 69.0 Å². The number of rotatable bonds is 9. The summed E-state index contributed by atoms with van der Waals surface area (Å²) in [5.74, 6) is 1.25. The number of fused-ring (bicyclic) bond motifs is 1.